The molecule has 0 amide bonds. The van der Waals surface area contributed by atoms with Gasteiger partial charge in [-0.2, -0.15) is 0 Å². The fourth-order valence-corrected chi connectivity index (χ4v) is 2.97. The van der Waals surface area contributed by atoms with Crippen LogP contribution in [-0.4, -0.2) is 62.6 Å². The number of nitrogens with zero attached hydrogens (tertiary/aromatic N) is 1. The van der Waals surface area contributed by atoms with Crippen LogP contribution in [-0.2, 0) is 4.74 Å². The molecule has 0 spiro atoms. The highest BCUT2D eigenvalue weighted by molar-refractivity contribution is 4.75. The molecule has 2 N–H and O–H groups in total. The van der Waals surface area contributed by atoms with Crippen molar-refractivity contribution in [1.29, 1.82) is 0 Å². The van der Waals surface area contributed by atoms with Crippen molar-refractivity contribution in [3.8, 4) is 0 Å². The number of aliphatic hydroxyl groups is 1. The molecule has 0 radical (unpaired) electrons. The Morgan fingerprint density at radius 1 is 1.33 bits per heavy atom. The van der Waals surface area contributed by atoms with Gasteiger partial charge in [0.15, 0.2) is 0 Å². The minimum absolute atomic E-state index is 0.382. The molecule has 0 aromatic carbocycles. The second-order valence-corrected chi connectivity index (χ2v) is 6.68. The van der Waals surface area contributed by atoms with E-state index < -0.39 is 0 Å². The van der Waals surface area contributed by atoms with Crippen LogP contribution in [0.1, 0.15) is 46.0 Å². The largest absolute Gasteiger partial charge is 0.389 e. The number of ether oxygens (including phenoxy) is 1. The summed E-state index contributed by atoms with van der Waals surface area (Å²) in [5.41, 5.74) is 0. The van der Waals surface area contributed by atoms with Crippen molar-refractivity contribution in [1.82, 2.24) is 10.2 Å². The minimum Gasteiger partial charge on any atom is -0.389 e. The monoisotopic (exact) mass is 300 g/mol. The van der Waals surface area contributed by atoms with Crippen molar-refractivity contribution in [3.63, 3.8) is 0 Å². The third kappa shape index (κ3) is 8.77. The second-order valence-electron chi connectivity index (χ2n) is 6.68. The van der Waals surface area contributed by atoms with Crippen LogP contribution < -0.4 is 5.32 Å². The molecule has 3 unspecified atom stereocenters. The van der Waals surface area contributed by atoms with Crippen molar-refractivity contribution in [2.24, 2.45) is 11.8 Å². The molecule has 1 saturated heterocycles. The highest BCUT2D eigenvalue weighted by Gasteiger charge is 2.19. The molecule has 1 heterocycles. The maximum absolute atomic E-state index is 9.94. The van der Waals surface area contributed by atoms with E-state index in [2.05, 4.69) is 31.1 Å². The molecule has 0 aromatic heterocycles. The van der Waals surface area contributed by atoms with Crippen LogP contribution in [0.5, 0.6) is 0 Å². The molecule has 4 nitrogen and oxygen atoms in total. The molecule has 0 aromatic rings. The van der Waals surface area contributed by atoms with E-state index in [4.69, 9.17) is 4.74 Å². The second kappa shape index (κ2) is 11.4. The topological polar surface area (TPSA) is 44.7 Å². The lowest BCUT2D eigenvalue weighted by molar-refractivity contribution is 0.0191. The highest BCUT2D eigenvalue weighted by Crippen LogP contribution is 2.13. The van der Waals surface area contributed by atoms with E-state index in [1.54, 1.807) is 0 Å². The molecule has 0 aliphatic carbocycles. The van der Waals surface area contributed by atoms with Crippen LogP contribution in [0.2, 0.25) is 0 Å². The Morgan fingerprint density at radius 3 is 2.76 bits per heavy atom. The van der Waals surface area contributed by atoms with Gasteiger partial charge in [-0.25, -0.2) is 0 Å². The van der Waals surface area contributed by atoms with E-state index in [1.165, 1.54) is 45.2 Å². The number of nitrogens with one attached hydrogen (secondary N) is 1. The summed E-state index contributed by atoms with van der Waals surface area (Å²) >= 11 is 0. The summed E-state index contributed by atoms with van der Waals surface area (Å²) in [5.74, 6) is 1.39. The normalized spacial score (nSPS) is 22.6. The first-order valence-corrected chi connectivity index (χ1v) is 8.80. The summed E-state index contributed by atoms with van der Waals surface area (Å²) in [6.45, 7) is 9.73. The molecular weight excluding hydrogens is 264 g/mol. The summed E-state index contributed by atoms with van der Waals surface area (Å²) in [6, 6.07) is 0. The van der Waals surface area contributed by atoms with Crippen LogP contribution >= 0.6 is 0 Å². The van der Waals surface area contributed by atoms with E-state index >= 15 is 0 Å². The van der Waals surface area contributed by atoms with Crippen molar-refractivity contribution >= 4 is 0 Å². The van der Waals surface area contributed by atoms with Gasteiger partial charge < -0.3 is 20.1 Å². The molecule has 1 aliphatic rings. The predicted octanol–water partition coefficient (Wildman–Crippen LogP) is 2.12. The first kappa shape index (κ1) is 18.9. The van der Waals surface area contributed by atoms with Crippen molar-refractivity contribution < 1.29 is 9.84 Å². The average Bonchev–Trinajstić information content (AvgIpc) is 2.88. The summed E-state index contributed by atoms with van der Waals surface area (Å²) in [4.78, 5) is 2.37. The summed E-state index contributed by atoms with van der Waals surface area (Å²) in [6.07, 6.45) is 5.83. The standard InChI is InChI=1S/C17H36N2O2/c1-4-6-7-15(5-2)13-21-14-17(20)11-18-10-16-8-9-19(3)12-16/h15-18,20H,4-14H2,1-3H3. The number of aliphatic hydroxyl groups excluding tert-OH is 1. The van der Waals surface area contributed by atoms with Gasteiger partial charge in [-0.3, -0.25) is 0 Å². The summed E-state index contributed by atoms with van der Waals surface area (Å²) in [7, 11) is 2.17. The Morgan fingerprint density at radius 2 is 2.14 bits per heavy atom. The van der Waals surface area contributed by atoms with Crippen LogP contribution in [0.3, 0.4) is 0 Å². The zero-order chi connectivity index (χ0) is 15.5. The third-order valence-electron chi connectivity index (χ3n) is 4.51. The van der Waals surface area contributed by atoms with Crippen LogP contribution in [0, 0.1) is 11.8 Å². The smallest absolute Gasteiger partial charge is 0.0897 e. The van der Waals surface area contributed by atoms with E-state index in [-0.39, 0.29) is 6.10 Å². The van der Waals surface area contributed by atoms with E-state index in [0.717, 1.165) is 19.1 Å². The molecule has 4 heteroatoms. The van der Waals surface area contributed by atoms with Crippen molar-refractivity contribution in [2.75, 3.05) is 46.4 Å². The number of hydrogen-bond acceptors (Lipinski definition) is 4. The Balaban J connectivity index is 1.98. The Labute approximate surface area is 131 Å². The Bertz CT molecular complexity index is 251. The predicted molar refractivity (Wildman–Crippen MR) is 88.6 cm³/mol. The molecule has 1 fully saturated rings. The van der Waals surface area contributed by atoms with Gasteiger partial charge in [-0.15, -0.1) is 0 Å². The fourth-order valence-electron chi connectivity index (χ4n) is 2.97. The van der Waals surface area contributed by atoms with Crippen molar-refractivity contribution in [2.45, 2.75) is 52.1 Å². The minimum atomic E-state index is -0.382. The molecule has 1 aliphatic heterocycles. The summed E-state index contributed by atoms with van der Waals surface area (Å²) in [5, 5.41) is 13.3. The lowest BCUT2D eigenvalue weighted by atomic mass is 10.0. The van der Waals surface area contributed by atoms with E-state index in [0.29, 0.717) is 19.1 Å². The molecule has 1 rings (SSSR count). The number of hydrogen-bond donors (Lipinski definition) is 2. The summed E-state index contributed by atoms with van der Waals surface area (Å²) < 4.78 is 5.69. The Hall–Kier alpha value is -0.160. The molecule has 21 heavy (non-hydrogen) atoms. The van der Waals surface area contributed by atoms with Gasteiger partial charge in [0.2, 0.25) is 0 Å². The van der Waals surface area contributed by atoms with Gasteiger partial charge in [0.05, 0.1) is 12.7 Å². The molecule has 0 bridgehead atoms. The van der Waals surface area contributed by atoms with Gasteiger partial charge in [0.25, 0.3) is 0 Å². The van der Waals surface area contributed by atoms with Gasteiger partial charge in [0.1, 0.15) is 0 Å². The van der Waals surface area contributed by atoms with Gasteiger partial charge in [-0.05, 0) is 44.8 Å². The number of likely N-dealkylation sites (tertiary alicyclic amines) is 1. The van der Waals surface area contributed by atoms with Crippen LogP contribution in [0.15, 0.2) is 0 Å². The van der Waals surface area contributed by atoms with Gasteiger partial charge in [-0.1, -0.05) is 33.1 Å². The maximum Gasteiger partial charge on any atom is 0.0897 e. The first-order chi connectivity index (χ1) is 10.2. The lowest BCUT2D eigenvalue weighted by Crippen LogP contribution is -2.34. The maximum atomic E-state index is 9.94. The third-order valence-corrected chi connectivity index (χ3v) is 4.51. The zero-order valence-electron chi connectivity index (χ0n) is 14.3. The average molecular weight is 300 g/mol. The van der Waals surface area contributed by atoms with Crippen LogP contribution in [0.4, 0.5) is 0 Å². The van der Waals surface area contributed by atoms with Crippen LogP contribution in [0.25, 0.3) is 0 Å². The van der Waals surface area contributed by atoms with Crippen molar-refractivity contribution in [3.05, 3.63) is 0 Å². The van der Waals surface area contributed by atoms with Gasteiger partial charge >= 0.3 is 0 Å². The number of unbranched alkanes of at least 4 members (excludes halogenated alkanes) is 1. The highest BCUT2D eigenvalue weighted by atomic mass is 16.5. The Kier molecular flexibility index (Phi) is 10.3. The van der Waals surface area contributed by atoms with Gasteiger partial charge in [0, 0.05) is 19.7 Å². The lowest BCUT2D eigenvalue weighted by Gasteiger charge is -2.18. The zero-order valence-corrected chi connectivity index (χ0v) is 14.3. The fraction of sp³-hybridized carbons (Fsp3) is 1.00. The molecule has 3 atom stereocenters. The number of rotatable bonds is 12. The molecule has 0 saturated carbocycles. The molecular formula is C17H36N2O2. The van der Waals surface area contributed by atoms with E-state index in [1.807, 2.05) is 0 Å². The quantitative estimate of drug-likeness (QED) is 0.579. The SMILES string of the molecule is CCCCC(CC)COCC(O)CNCC1CCN(C)C1. The van der Waals surface area contributed by atoms with E-state index in [9.17, 15) is 5.11 Å². The first-order valence-electron chi connectivity index (χ1n) is 8.80. The molecule has 126 valence electrons.